The van der Waals surface area contributed by atoms with Crippen LogP contribution >= 0.6 is 0 Å². The highest BCUT2D eigenvalue weighted by Crippen LogP contribution is 2.38. The van der Waals surface area contributed by atoms with Gasteiger partial charge in [0.05, 0.1) is 6.04 Å². The SMILES string of the molecule is CCCCC1NC(c2cccc(C)c2)N(C2CC2)C1=O. The van der Waals surface area contributed by atoms with Crippen molar-refractivity contribution in [1.82, 2.24) is 10.2 Å². The summed E-state index contributed by atoms with van der Waals surface area (Å²) in [5.74, 6) is 0.312. The Morgan fingerprint density at radius 1 is 1.35 bits per heavy atom. The van der Waals surface area contributed by atoms with Gasteiger partial charge in [0.1, 0.15) is 6.17 Å². The van der Waals surface area contributed by atoms with Gasteiger partial charge in [-0.1, -0.05) is 49.6 Å². The van der Waals surface area contributed by atoms with Gasteiger partial charge < -0.3 is 4.90 Å². The molecule has 1 aromatic carbocycles. The predicted octanol–water partition coefficient (Wildman–Crippen LogP) is 3.15. The Kier molecular flexibility index (Phi) is 3.79. The Morgan fingerprint density at radius 2 is 2.15 bits per heavy atom. The van der Waals surface area contributed by atoms with Gasteiger partial charge in [0.15, 0.2) is 0 Å². The van der Waals surface area contributed by atoms with Crippen molar-refractivity contribution >= 4 is 5.91 Å². The molecule has 1 saturated heterocycles. The summed E-state index contributed by atoms with van der Waals surface area (Å²) in [6.07, 6.45) is 5.62. The largest absolute Gasteiger partial charge is 0.319 e. The van der Waals surface area contributed by atoms with E-state index in [1.54, 1.807) is 0 Å². The topological polar surface area (TPSA) is 32.3 Å². The average Bonchev–Trinajstić information content (AvgIpc) is 3.21. The number of hydrogen-bond donors (Lipinski definition) is 1. The van der Waals surface area contributed by atoms with Crippen molar-refractivity contribution < 1.29 is 4.79 Å². The van der Waals surface area contributed by atoms with E-state index >= 15 is 0 Å². The van der Waals surface area contributed by atoms with E-state index in [9.17, 15) is 4.79 Å². The van der Waals surface area contributed by atoms with Crippen molar-refractivity contribution in [1.29, 1.82) is 0 Å². The number of benzene rings is 1. The molecule has 1 aliphatic heterocycles. The molecule has 1 saturated carbocycles. The molecule has 2 unspecified atom stereocenters. The van der Waals surface area contributed by atoms with Crippen LogP contribution in [-0.2, 0) is 4.79 Å². The number of rotatable bonds is 5. The fourth-order valence-corrected chi connectivity index (χ4v) is 3.10. The number of nitrogens with one attached hydrogen (secondary N) is 1. The lowest BCUT2D eigenvalue weighted by Crippen LogP contribution is -2.33. The molecule has 2 aliphatic rings. The van der Waals surface area contributed by atoms with Crippen LogP contribution in [0.2, 0.25) is 0 Å². The Labute approximate surface area is 121 Å². The molecule has 1 aromatic rings. The van der Waals surface area contributed by atoms with E-state index < -0.39 is 0 Å². The quantitative estimate of drug-likeness (QED) is 0.893. The molecular weight excluding hydrogens is 248 g/mol. The summed E-state index contributed by atoms with van der Waals surface area (Å²) in [4.78, 5) is 14.7. The lowest BCUT2D eigenvalue weighted by molar-refractivity contribution is -0.130. The van der Waals surface area contributed by atoms with Crippen molar-refractivity contribution in [3.63, 3.8) is 0 Å². The van der Waals surface area contributed by atoms with E-state index in [2.05, 4.69) is 48.3 Å². The van der Waals surface area contributed by atoms with Gasteiger partial charge in [-0.25, -0.2) is 0 Å². The third kappa shape index (κ3) is 2.59. The second kappa shape index (κ2) is 5.57. The molecule has 3 nitrogen and oxygen atoms in total. The second-order valence-electron chi connectivity index (χ2n) is 6.15. The molecule has 108 valence electrons. The second-order valence-corrected chi connectivity index (χ2v) is 6.15. The van der Waals surface area contributed by atoms with Gasteiger partial charge in [0.25, 0.3) is 0 Å². The smallest absolute Gasteiger partial charge is 0.241 e. The molecule has 0 bridgehead atoms. The zero-order valence-corrected chi connectivity index (χ0v) is 12.4. The van der Waals surface area contributed by atoms with Crippen molar-refractivity contribution in [2.24, 2.45) is 0 Å². The molecule has 0 aromatic heterocycles. The predicted molar refractivity (Wildman–Crippen MR) is 80.2 cm³/mol. The maximum atomic E-state index is 12.6. The number of aryl methyl sites for hydroxylation is 1. The summed E-state index contributed by atoms with van der Waals surface area (Å²) in [5.41, 5.74) is 2.48. The Bertz CT molecular complexity index is 496. The maximum Gasteiger partial charge on any atom is 0.241 e. The van der Waals surface area contributed by atoms with Gasteiger partial charge in [0.2, 0.25) is 5.91 Å². The number of amides is 1. The van der Waals surface area contributed by atoms with Crippen LogP contribution in [0.5, 0.6) is 0 Å². The zero-order valence-electron chi connectivity index (χ0n) is 12.4. The molecule has 2 fully saturated rings. The highest BCUT2D eigenvalue weighted by molar-refractivity contribution is 5.85. The molecule has 3 rings (SSSR count). The van der Waals surface area contributed by atoms with Gasteiger partial charge >= 0.3 is 0 Å². The first-order valence-electron chi connectivity index (χ1n) is 7.85. The summed E-state index contributed by atoms with van der Waals surface area (Å²) < 4.78 is 0. The van der Waals surface area contributed by atoms with E-state index in [1.165, 1.54) is 11.1 Å². The number of unbranched alkanes of at least 4 members (excludes halogenated alkanes) is 1. The van der Waals surface area contributed by atoms with Crippen LogP contribution in [0.1, 0.15) is 56.3 Å². The fourth-order valence-electron chi connectivity index (χ4n) is 3.10. The first-order valence-corrected chi connectivity index (χ1v) is 7.85. The van der Waals surface area contributed by atoms with Crippen molar-refractivity contribution in [3.8, 4) is 0 Å². The Morgan fingerprint density at radius 3 is 2.80 bits per heavy atom. The highest BCUT2D eigenvalue weighted by Gasteiger charge is 2.46. The summed E-state index contributed by atoms with van der Waals surface area (Å²) in [7, 11) is 0. The summed E-state index contributed by atoms with van der Waals surface area (Å²) in [6.45, 7) is 4.28. The monoisotopic (exact) mass is 272 g/mol. The Balaban J connectivity index is 1.83. The molecule has 1 aliphatic carbocycles. The molecule has 0 spiro atoms. The van der Waals surface area contributed by atoms with Gasteiger partial charge in [-0.15, -0.1) is 0 Å². The first-order chi connectivity index (χ1) is 9.70. The van der Waals surface area contributed by atoms with Gasteiger partial charge in [-0.2, -0.15) is 0 Å². The van der Waals surface area contributed by atoms with Gasteiger partial charge in [0, 0.05) is 6.04 Å². The number of nitrogens with zero attached hydrogens (tertiary/aromatic N) is 1. The summed E-state index contributed by atoms with van der Waals surface area (Å²) in [6, 6.07) is 9.00. The van der Waals surface area contributed by atoms with Crippen LogP contribution in [-0.4, -0.2) is 22.9 Å². The van der Waals surface area contributed by atoms with E-state index in [0.717, 1.165) is 32.1 Å². The van der Waals surface area contributed by atoms with Gasteiger partial charge in [-0.05, 0) is 31.7 Å². The van der Waals surface area contributed by atoms with E-state index in [-0.39, 0.29) is 12.2 Å². The molecule has 1 heterocycles. The standard InChI is InChI=1S/C17H24N2O/c1-3-4-8-15-17(20)19(14-9-10-14)16(18-15)13-7-5-6-12(2)11-13/h5-7,11,14-16,18H,3-4,8-10H2,1-2H3. The molecule has 1 amide bonds. The minimum Gasteiger partial charge on any atom is -0.319 e. The van der Waals surface area contributed by atoms with Crippen LogP contribution in [0.15, 0.2) is 24.3 Å². The first kappa shape index (κ1) is 13.6. The normalized spacial score (nSPS) is 26.3. The summed E-state index contributed by atoms with van der Waals surface area (Å²) in [5, 5.41) is 3.57. The van der Waals surface area contributed by atoms with Crippen molar-refractivity contribution in [2.45, 2.75) is 64.2 Å². The molecule has 2 atom stereocenters. The third-order valence-electron chi connectivity index (χ3n) is 4.33. The Hall–Kier alpha value is -1.35. The van der Waals surface area contributed by atoms with Crippen LogP contribution in [0.3, 0.4) is 0 Å². The van der Waals surface area contributed by atoms with Crippen LogP contribution in [0.4, 0.5) is 0 Å². The van der Waals surface area contributed by atoms with Crippen molar-refractivity contribution in [2.75, 3.05) is 0 Å². The lowest BCUT2D eigenvalue weighted by Gasteiger charge is -2.24. The molecule has 0 radical (unpaired) electrons. The van der Waals surface area contributed by atoms with E-state index in [0.29, 0.717) is 11.9 Å². The molecular formula is C17H24N2O. The minimum atomic E-state index is 0.0149. The zero-order chi connectivity index (χ0) is 14.1. The molecule has 1 N–H and O–H groups in total. The fraction of sp³-hybridized carbons (Fsp3) is 0.588. The third-order valence-corrected chi connectivity index (χ3v) is 4.33. The van der Waals surface area contributed by atoms with Crippen LogP contribution in [0, 0.1) is 6.92 Å². The average molecular weight is 272 g/mol. The van der Waals surface area contributed by atoms with Gasteiger partial charge in [-0.3, -0.25) is 10.1 Å². The number of hydrogen-bond acceptors (Lipinski definition) is 2. The lowest BCUT2D eigenvalue weighted by atomic mass is 10.1. The number of carbonyl (C=O) groups is 1. The highest BCUT2D eigenvalue weighted by atomic mass is 16.2. The minimum absolute atomic E-state index is 0.0149. The van der Waals surface area contributed by atoms with Crippen LogP contribution < -0.4 is 5.32 Å². The summed E-state index contributed by atoms with van der Waals surface area (Å²) >= 11 is 0. The van der Waals surface area contributed by atoms with E-state index in [1.807, 2.05) is 0 Å². The molecule has 20 heavy (non-hydrogen) atoms. The van der Waals surface area contributed by atoms with Crippen LogP contribution in [0.25, 0.3) is 0 Å². The molecule has 3 heteroatoms. The van der Waals surface area contributed by atoms with Crippen molar-refractivity contribution in [3.05, 3.63) is 35.4 Å². The van der Waals surface area contributed by atoms with E-state index in [4.69, 9.17) is 0 Å². The number of carbonyl (C=O) groups excluding carboxylic acids is 1. The maximum absolute atomic E-state index is 12.6.